The van der Waals surface area contributed by atoms with E-state index >= 15 is 0 Å². The highest BCUT2D eigenvalue weighted by Crippen LogP contribution is 2.50. The monoisotopic (exact) mass is 610 g/mol. The van der Waals surface area contributed by atoms with Crippen LogP contribution in [-0.2, 0) is 20.4 Å². The van der Waals surface area contributed by atoms with Crippen LogP contribution in [0.25, 0.3) is 0 Å². The third-order valence-corrected chi connectivity index (χ3v) is 9.10. The third kappa shape index (κ3) is 6.23. The molecular formula is C26H28F6N2O4S2. The molecule has 40 heavy (non-hydrogen) atoms. The maximum absolute atomic E-state index is 13.6. The Morgan fingerprint density at radius 1 is 1.05 bits per heavy atom. The van der Waals surface area contributed by atoms with Gasteiger partial charge in [0.25, 0.3) is 5.60 Å². The van der Waals surface area contributed by atoms with Crippen molar-refractivity contribution in [2.45, 2.75) is 44.3 Å². The number of hydrogen-bond donors (Lipinski definition) is 1. The number of ether oxygens (including phenoxy) is 1. The normalized spacial score (nSPS) is 18.4. The summed E-state index contributed by atoms with van der Waals surface area (Å²) >= 11 is 5.19. The van der Waals surface area contributed by atoms with E-state index in [-0.39, 0.29) is 53.1 Å². The van der Waals surface area contributed by atoms with E-state index in [0.717, 1.165) is 6.07 Å². The molecule has 1 fully saturated rings. The highest BCUT2D eigenvalue weighted by atomic mass is 32.2. The highest BCUT2D eigenvalue weighted by molar-refractivity contribution is 7.96. The number of halogens is 6. The first-order valence-electron chi connectivity index (χ1n) is 12.1. The summed E-state index contributed by atoms with van der Waals surface area (Å²) in [6, 6.07) is 2.14. The summed E-state index contributed by atoms with van der Waals surface area (Å²) in [5, 5.41) is 9.93. The minimum Gasteiger partial charge on any atom is -0.369 e. The van der Waals surface area contributed by atoms with Gasteiger partial charge in [0.1, 0.15) is 6.10 Å². The lowest BCUT2D eigenvalue weighted by atomic mass is 9.90. The SMILES string of the molecule is CO[C@@H](C#Cc1cc(C(O)(C(F)(F)F)C(F)(F)F)ccc1N1CCN(S(=O)(=O)C2=CC=CCC2=S)CC1)C(C)C. The zero-order valence-corrected chi connectivity index (χ0v) is 23.4. The molecule has 6 nitrogen and oxygen atoms in total. The first kappa shape index (κ1) is 32.1. The van der Waals surface area contributed by atoms with E-state index in [1.165, 1.54) is 17.5 Å². The van der Waals surface area contributed by atoms with Gasteiger partial charge in [0.15, 0.2) is 0 Å². The number of alkyl halides is 6. The first-order valence-corrected chi connectivity index (χ1v) is 14.0. The standard InChI is InChI=1S/C26H28F6N2O4S2/c1-17(2)21(38-3)11-8-18-16-19(24(35,25(27,28)29)26(30,31)32)9-10-20(18)33-12-14-34(15-13-33)40(36,37)23-7-5-4-6-22(23)39/h4-5,7,9-10,16-17,21,35H,6,12-15H2,1-3H3/t21-/m0/s1. The van der Waals surface area contributed by atoms with Crippen LogP contribution < -0.4 is 4.90 Å². The number of anilines is 1. The molecule has 14 heteroatoms. The van der Waals surface area contributed by atoms with Crippen molar-refractivity contribution < 1.29 is 44.6 Å². The van der Waals surface area contributed by atoms with E-state index in [2.05, 4.69) is 11.8 Å². The number of allylic oxidation sites excluding steroid dienone is 4. The molecule has 1 atom stereocenters. The van der Waals surface area contributed by atoms with Crippen LogP contribution in [0.15, 0.2) is 41.3 Å². The molecule has 0 unspecified atom stereocenters. The van der Waals surface area contributed by atoms with Gasteiger partial charge >= 0.3 is 12.4 Å². The molecule has 0 amide bonds. The second-order valence-electron chi connectivity index (χ2n) is 9.59. The number of piperazine rings is 1. The number of methoxy groups -OCH3 is 1. The molecule has 1 saturated heterocycles. The predicted octanol–water partition coefficient (Wildman–Crippen LogP) is 4.69. The van der Waals surface area contributed by atoms with Gasteiger partial charge in [0.2, 0.25) is 10.0 Å². The Bertz CT molecular complexity index is 1340. The van der Waals surface area contributed by atoms with Crippen LogP contribution in [0.4, 0.5) is 32.0 Å². The van der Waals surface area contributed by atoms with E-state index in [0.29, 0.717) is 18.6 Å². The Balaban J connectivity index is 2.01. The number of thiocarbonyl (C=S) groups is 1. The van der Waals surface area contributed by atoms with E-state index in [4.69, 9.17) is 17.0 Å². The van der Waals surface area contributed by atoms with Gasteiger partial charge < -0.3 is 14.7 Å². The zero-order valence-electron chi connectivity index (χ0n) is 21.8. The Morgan fingerprint density at radius 3 is 2.15 bits per heavy atom. The summed E-state index contributed by atoms with van der Waals surface area (Å²) < 4.78 is 114. The highest BCUT2D eigenvalue weighted by Gasteiger charge is 2.71. The zero-order chi connectivity index (χ0) is 30.1. The van der Waals surface area contributed by atoms with Crippen LogP contribution >= 0.6 is 12.2 Å². The Kier molecular flexibility index (Phi) is 9.47. The molecule has 220 valence electrons. The molecule has 3 rings (SSSR count). The molecule has 0 radical (unpaired) electrons. The molecule has 1 heterocycles. The second kappa shape index (κ2) is 11.8. The molecule has 1 aliphatic carbocycles. The van der Waals surface area contributed by atoms with Crippen LogP contribution in [0.5, 0.6) is 0 Å². The van der Waals surface area contributed by atoms with Crippen molar-refractivity contribution in [2.75, 3.05) is 38.2 Å². The number of nitrogens with zero attached hydrogens (tertiary/aromatic N) is 2. The van der Waals surface area contributed by atoms with E-state index in [1.807, 2.05) is 0 Å². The maximum atomic E-state index is 13.6. The van der Waals surface area contributed by atoms with Crippen LogP contribution in [0.1, 0.15) is 31.4 Å². The van der Waals surface area contributed by atoms with Crippen molar-refractivity contribution in [1.82, 2.24) is 4.31 Å². The summed E-state index contributed by atoms with van der Waals surface area (Å²) in [5.41, 5.74) is -6.58. The lowest BCUT2D eigenvalue weighted by Crippen LogP contribution is -2.54. The van der Waals surface area contributed by atoms with Crippen LogP contribution in [0.3, 0.4) is 0 Å². The summed E-state index contributed by atoms with van der Waals surface area (Å²) in [4.78, 5) is 1.91. The third-order valence-electron chi connectivity index (χ3n) is 6.60. The molecule has 1 N–H and O–H groups in total. The van der Waals surface area contributed by atoms with Gasteiger partial charge in [-0.05, 0) is 24.1 Å². The lowest BCUT2D eigenvalue weighted by Gasteiger charge is -2.37. The molecule has 1 aliphatic heterocycles. The smallest absolute Gasteiger partial charge is 0.369 e. The maximum Gasteiger partial charge on any atom is 0.430 e. The first-order chi connectivity index (χ1) is 18.4. The molecule has 0 aromatic heterocycles. The van der Waals surface area contributed by atoms with E-state index in [9.17, 15) is 39.9 Å². The van der Waals surface area contributed by atoms with Gasteiger partial charge in [0, 0.05) is 55.7 Å². The topological polar surface area (TPSA) is 70.1 Å². The number of sulfonamides is 1. The second-order valence-corrected chi connectivity index (χ2v) is 12.0. The Morgan fingerprint density at radius 2 is 1.65 bits per heavy atom. The summed E-state index contributed by atoms with van der Waals surface area (Å²) in [6.45, 7) is 3.67. The molecule has 1 aromatic carbocycles. The molecule has 0 spiro atoms. The number of hydrogen-bond acceptors (Lipinski definition) is 6. The quantitative estimate of drug-likeness (QED) is 0.287. The van der Waals surface area contributed by atoms with E-state index in [1.54, 1.807) is 30.9 Å². The van der Waals surface area contributed by atoms with Crippen molar-refractivity contribution in [2.24, 2.45) is 5.92 Å². The van der Waals surface area contributed by atoms with Gasteiger partial charge in [-0.2, -0.15) is 30.6 Å². The van der Waals surface area contributed by atoms with Gasteiger partial charge in [-0.3, -0.25) is 0 Å². The summed E-state index contributed by atoms with van der Waals surface area (Å²) in [5.74, 6) is 5.21. The summed E-state index contributed by atoms with van der Waals surface area (Å²) in [7, 11) is -2.53. The molecule has 1 aromatic rings. The fourth-order valence-electron chi connectivity index (χ4n) is 4.33. The Hall–Kier alpha value is -2.44. The molecular weight excluding hydrogens is 582 g/mol. The molecule has 0 saturated carbocycles. The fraction of sp³-hybridized carbons (Fsp3) is 0.500. The van der Waals surface area contributed by atoms with Gasteiger partial charge in [0.05, 0.1) is 10.6 Å². The summed E-state index contributed by atoms with van der Waals surface area (Å²) in [6.07, 6.45) is -7.73. The predicted molar refractivity (Wildman–Crippen MR) is 142 cm³/mol. The fourth-order valence-corrected chi connectivity index (χ4v) is 6.36. The Labute approximate surface area is 234 Å². The van der Waals surface area contributed by atoms with Crippen molar-refractivity contribution in [1.29, 1.82) is 0 Å². The van der Waals surface area contributed by atoms with Gasteiger partial charge in [-0.15, -0.1) is 0 Å². The minimum absolute atomic E-state index is 0.0116. The van der Waals surface area contributed by atoms with E-state index < -0.39 is 39.6 Å². The average Bonchev–Trinajstić information content (AvgIpc) is 2.87. The van der Waals surface area contributed by atoms with Crippen molar-refractivity contribution in [3.05, 3.63) is 52.5 Å². The molecule has 0 bridgehead atoms. The largest absolute Gasteiger partial charge is 0.430 e. The van der Waals surface area contributed by atoms with Gasteiger partial charge in [-0.1, -0.05) is 56.1 Å². The van der Waals surface area contributed by atoms with Crippen LogP contribution in [0.2, 0.25) is 0 Å². The lowest BCUT2D eigenvalue weighted by molar-refractivity contribution is -0.376. The number of aliphatic hydroxyl groups is 1. The number of rotatable bonds is 6. The van der Waals surface area contributed by atoms with Crippen LogP contribution in [-0.4, -0.2) is 74.4 Å². The minimum atomic E-state index is -6.06. The van der Waals surface area contributed by atoms with Crippen molar-refractivity contribution >= 4 is 32.8 Å². The van der Waals surface area contributed by atoms with Crippen LogP contribution in [0, 0.1) is 17.8 Å². The average molecular weight is 611 g/mol. The molecule has 2 aliphatic rings. The number of benzene rings is 1. The van der Waals surface area contributed by atoms with Gasteiger partial charge in [-0.25, -0.2) is 8.42 Å². The van der Waals surface area contributed by atoms with Crippen molar-refractivity contribution in [3.63, 3.8) is 0 Å². The van der Waals surface area contributed by atoms with Crippen molar-refractivity contribution in [3.8, 4) is 11.8 Å².